The lowest BCUT2D eigenvalue weighted by molar-refractivity contribution is 0.628. The standard InChI is InChI=1S/C15H16ClFN4/c1-2-18-13-8-14(21-15(20-13)9-3-4-9)19-12-6-10(16)5-11(17)7-12/h5-9H,2-4H2,1H3,(H2,18,19,20,21). The molecule has 2 N–H and O–H groups in total. The first kappa shape index (κ1) is 14.1. The van der Waals surface area contributed by atoms with Gasteiger partial charge in [-0.1, -0.05) is 11.6 Å². The van der Waals surface area contributed by atoms with Crippen LogP contribution in [0.2, 0.25) is 5.02 Å². The van der Waals surface area contributed by atoms with E-state index in [9.17, 15) is 4.39 Å². The lowest BCUT2D eigenvalue weighted by Gasteiger charge is -2.11. The summed E-state index contributed by atoms with van der Waals surface area (Å²) in [5.41, 5.74) is 0.572. The number of benzene rings is 1. The van der Waals surface area contributed by atoms with Crippen molar-refractivity contribution in [1.29, 1.82) is 0 Å². The second kappa shape index (κ2) is 5.85. The van der Waals surface area contributed by atoms with Gasteiger partial charge in [0.1, 0.15) is 23.3 Å². The Morgan fingerprint density at radius 1 is 1.19 bits per heavy atom. The summed E-state index contributed by atoms with van der Waals surface area (Å²) in [4.78, 5) is 9.00. The van der Waals surface area contributed by atoms with Crippen LogP contribution in [-0.4, -0.2) is 16.5 Å². The number of nitrogens with zero attached hydrogens (tertiary/aromatic N) is 2. The first-order valence-electron chi connectivity index (χ1n) is 7.00. The molecule has 0 atom stereocenters. The van der Waals surface area contributed by atoms with Gasteiger partial charge in [0.15, 0.2) is 0 Å². The van der Waals surface area contributed by atoms with Crippen molar-refractivity contribution in [1.82, 2.24) is 9.97 Å². The molecule has 0 unspecified atom stereocenters. The fourth-order valence-corrected chi connectivity index (χ4v) is 2.32. The smallest absolute Gasteiger partial charge is 0.136 e. The fraction of sp³-hybridized carbons (Fsp3) is 0.333. The number of rotatable bonds is 5. The number of anilines is 3. The molecule has 3 rings (SSSR count). The molecule has 1 aliphatic carbocycles. The van der Waals surface area contributed by atoms with Crippen molar-refractivity contribution in [2.24, 2.45) is 0 Å². The molecule has 1 saturated carbocycles. The zero-order valence-electron chi connectivity index (χ0n) is 11.7. The topological polar surface area (TPSA) is 49.8 Å². The molecule has 110 valence electrons. The Kier molecular flexibility index (Phi) is 3.92. The molecule has 1 fully saturated rings. The second-order valence-electron chi connectivity index (χ2n) is 5.08. The van der Waals surface area contributed by atoms with Gasteiger partial charge in [-0.2, -0.15) is 0 Å². The van der Waals surface area contributed by atoms with E-state index < -0.39 is 0 Å². The molecular weight excluding hydrogens is 291 g/mol. The number of hydrogen-bond donors (Lipinski definition) is 2. The Morgan fingerprint density at radius 2 is 1.95 bits per heavy atom. The number of nitrogens with one attached hydrogen (secondary N) is 2. The van der Waals surface area contributed by atoms with Crippen LogP contribution in [-0.2, 0) is 0 Å². The lowest BCUT2D eigenvalue weighted by Crippen LogP contribution is -2.05. The molecule has 21 heavy (non-hydrogen) atoms. The molecule has 1 aliphatic rings. The van der Waals surface area contributed by atoms with Gasteiger partial charge >= 0.3 is 0 Å². The van der Waals surface area contributed by atoms with E-state index in [1.807, 2.05) is 13.0 Å². The van der Waals surface area contributed by atoms with Crippen molar-refractivity contribution >= 4 is 28.9 Å². The summed E-state index contributed by atoms with van der Waals surface area (Å²) in [5, 5.41) is 6.63. The van der Waals surface area contributed by atoms with E-state index in [1.54, 1.807) is 6.07 Å². The third-order valence-electron chi connectivity index (χ3n) is 3.18. The van der Waals surface area contributed by atoms with Crippen molar-refractivity contribution < 1.29 is 4.39 Å². The van der Waals surface area contributed by atoms with E-state index >= 15 is 0 Å². The monoisotopic (exact) mass is 306 g/mol. The second-order valence-corrected chi connectivity index (χ2v) is 5.52. The molecule has 6 heteroatoms. The van der Waals surface area contributed by atoms with E-state index in [-0.39, 0.29) is 5.82 Å². The van der Waals surface area contributed by atoms with Crippen molar-refractivity contribution in [3.63, 3.8) is 0 Å². The predicted molar refractivity (Wildman–Crippen MR) is 82.9 cm³/mol. The average Bonchev–Trinajstić information content (AvgIpc) is 3.21. The van der Waals surface area contributed by atoms with Crippen molar-refractivity contribution in [3.05, 3.63) is 40.9 Å². The third kappa shape index (κ3) is 3.61. The van der Waals surface area contributed by atoms with E-state index in [4.69, 9.17) is 11.6 Å². The predicted octanol–water partition coefficient (Wildman–Crippen LogP) is 4.32. The van der Waals surface area contributed by atoms with Gasteiger partial charge in [0.25, 0.3) is 0 Å². The highest BCUT2D eigenvalue weighted by atomic mass is 35.5. The maximum atomic E-state index is 13.4. The molecule has 1 aromatic heterocycles. The van der Waals surface area contributed by atoms with E-state index in [0.29, 0.717) is 22.4 Å². The maximum absolute atomic E-state index is 13.4. The quantitative estimate of drug-likeness (QED) is 0.863. The maximum Gasteiger partial charge on any atom is 0.136 e. The van der Waals surface area contributed by atoms with Crippen LogP contribution in [0.15, 0.2) is 24.3 Å². The lowest BCUT2D eigenvalue weighted by atomic mass is 10.3. The summed E-state index contributed by atoms with van der Waals surface area (Å²) in [6.45, 7) is 2.80. The molecule has 0 spiro atoms. The SMILES string of the molecule is CCNc1cc(Nc2cc(F)cc(Cl)c2)nc(C2CC2)n1. The Balaban J connectivity index is 1.89. The number of halogens is 2. The van der Waals surface area contributed by atoms with Gasteiger partial charge in [-0.05, 0) is 38.0 Å². The fourth-order valence-electron chi connectivity index (χ4n) is 2.10. The third-order valence-corrected chi connectivity index (χ3v) is 3.40. The van der Waals surface area contributed by atoms with E-state index in [0.717, 1.165) is 31.0 Å². The van der Waals surface area contributed by atoms with Crippen molar-refractivity contribution in [2.45, 2.75) is 25.7 Å². The average molecular weight is 307 g/mol. The summed E-state index contributed by atoms with van der Waals surface area (Å²) < 4.78 is 13.4. The van der Waals surface area contributed by atoms with Crippen molar-refractivity contribution in [2.75, 3.05) is 17.2 Å². The van der Waals surface area contributed by atoms with E-state index in [1.165, 1.54) is 12.1 Å². The summed E-state index contributed by atoms with van der Waals surface area (Å²) in [6.07, 6.45) is 2.25. The van der Waals surface area contributed by atoms with E-state index in [2.05, 4.69) is 20.6 Å². The minimum Gasteiger partial charge on any atom is -0.370 e. The molecule has 0 saturated heterocycles. The molecule has 0 amide bonds. The zero-order chi connectivity index (χ0) is 14.8. The van der Waals surface area contributed by atoms with Crippen LogP contribution in [0.4, 0.5) is 21.7 Å². The molecule has 0 radical (unpaired) electrons. The Hall–Kier alpha value is -1.88. The van der Waals surface area contributed by atoms with Crippen molar-refractivity contribution in [3.8, 4) is 0 Å². The first-order valence-corrected chi connectivity index (χ1v) is 7.38. The molecule has 2 aromatic rings. The van der Waals surface area contributed by atoms with Gasteiger partial charge in [0.05, 0.1) is 0 Å². The molecule has 0 bridgehead atoms. The van der Waals surface area contributed by atoms with Gasteiger partial charge in [-0.15, -0.1) is 0 Å². The van der Waals surface area contributed by atoms with Crippen LogP contribution >= 0.6 is 11.6 Å². The summed E-state index contributed by atoms with van der Waals surface area (Å²) in [6, 6.07) is 6.13. The highest BCUT2D eigenvalue weighted by molar-refractivity contribution is 6.30. The Morgan fingerprint density at radius 3 is 2.62 bits per heavy atom. The van der Waals surface area contributed by atoms with Crippen LogP contribution in [0.1, 0.15) is 31.5 Å². The molecular formula is C15H16ClFN4. The Labute approximate surface area is 127 Å². The molecule has 1 heterocycles. The zero-order valence-corrected chi connectivity index (χ0v) is 12.4. The van der Waals surface area contributed by atoms with Gasteiger partial charge in [0, 0.05) is 29.2 Å². The summed E-state index contributed by atoms with van der Waals surface area (Å²) in [5.74, 6) is 2.32. The molecule has 4 nitrogen and oxygen atoms in total. The van der Waals surface area contributed by atoms with Gasteiger partial charge in [-0.3, -0.25) is 0 Å². The minimum atomic E-state index is -0.381. The number of aromatic nitrogens is 2. The van der Waals surface area contributed by atoms with Crippen LogP contribution in [0.25, 0.3) is 0 Å². The van der Waals surface area contributed by atoms with Crippen LogP contribution in [0.5, 0.6) is 0 Å². The van der Waals surface area contributed by atoms with Crippen LogP contribution in [0.3, 0.4) is 0 Å². The Bertz CT molecular complexity index is 638. The summed E-state index contributed by atoms with van der Waals surface area (Å²) >= 11 is 5.86. The van der Waals surface area contributed by atoms with Gasteiger partial charge in [0.2, 0.25) is 0 Å². The normalized spacial score (nSPS) is 14.0. The molecule has 1 aromatic carbocycles. The minimum absolute atomic E-state index is 0.348. The van der Waals surface area contributed by atoms with Crippen LogP contribution < -0.4 is 10.6 Å². The molecule has 0 aliphatic heterocycles. The van der Waals surface area contributed by atoms with Gasteiger partial charge in [-0.25, -0.2) is 14.4 Å². The summed E-state index contributed by atoms with van der Waals surface area (Å²) in [7, 11) is 0. The van der Waals surface area contributed by atoms with Crippen LogP contribution in [0, 0.1) is 5.82 Å². The first-order chi connectivity index (χ1) is 10.1. The van der Waals surface area contributed by atoms with Gasteiger partial charge < -0.3 is 10.6 Å². The number of hydrogen-bond acceptors (Lipinski definition) is 4. The highest BCUT2D eigenvalue weighted by Gasteiger charge is 2.27. The largest absolute Gasteiger partial charge is 0.370 e. The highest BCUT2D eigenvalue weighted by Crippen LogP contribution is 2.39.